The molecule has 38 heavy (non-hydrogen) atoms. The highest BCUT2D eigenvalue weighted by Gasteiger charge is 2.39. The molecule has 11 heteroatoms. The Kier molecular flexibility index (Phi) is 10.9. The molecule has 2 heterocycles. The number of hydrogen-bond donors (Lipinski definition) is 1. The van der Waals surface area contributed by atoms with Crippen LogP contribution < -0.4 is 5.32 Å². The number of esters is 2. The fraction of sp³-hybridized carbons (Fsp3) is 0.333. The van der Waals surface area contributed by atoms with Gasteiger partial charge < -0.3 is 14.8 Å². The molecule has 4 rings (SSSR count). The number of nitro benzene ring substituents is 1. The Labute approximate surface area is 233 Å². The molecule has 2 aromatic rings. The molecule has 0 spiro atoms. The highest BCUT2D eigenvalue weighted by molar-refractivity contribution is 6.00. The van der Waals surface area contributed by atoms with Crippen molar-refractivity contribution in [3.63, 3.8) is 0 Å². The zero-order valence-corrected chi connectivity index (χ0v) is 23.0. The van der Waals surface area contributed by atoms with E-state index in [4.69, 9.17) is 9.47 Å². The van der Waals surface area contributed by atoms with E-state index in [1.807, 2.05) is 18.2 Å². The molecule has 0 radical (unpaired) electrons. The molecule has 0 saturated carbocycles. The van der Waals surface area contributed by atoms with Crippen molar-refractivity contribution < 1.29 is 24.0 Å². The largest absolute Gasteiger partial charge is 0.466 e. The number of methoxy groups -OCH3 is 1. The summed E-state index contributed by atoms with van der Waals surface area (Å²) in [5.74, 6) is -2.05. The van der Waals surface area contributed by atoms with Crippen molar-refractivity contribution in [2.75, 3.05) is 20.2 Å². The van der Waals surface area contributed by atoms with Crippen LogP contribution in [0.3, 0.4) is 0 Å². The van der Waals surface area contributed by atoms with Crippen LogP contribution in [0.1, 0.15) is 37.3 Å². The van der Waals surface area contributed by atoms with Crippen LogP contribution in [0, 0.1) is 10.1 Å². The number of ether oxygens (including phenoxy) is 2. The molecule has 2 atom stereocenters. The molecule has 0 bridgehead atoms. The molecule has 204 valence electrons. The van der Waals surface area contributed by atoms with E-state index in [1.54, 1.807) is 19.9 Å². The lowest BCUT2D eigenvalue weighted by Crippen LogP contribution is -2.34. The van der Waals surface area contributed by atoms with Crippen LogP contribution in [0.5, 0.6) is 0 Å². The number of hydrogen-bond acceptors (Lipinski definition) is 8. The number of nitro groups is 1. The summed E-state index contributed by atoms with van der Waals surface area (Å²) in [5.41, 5.74) is 2.99. The van der Waals surface area contributed by atoms with Crippen molar-refractivity contribution in [3.8, 4) is 0 Å². The molecule has 2 aliphatic rings. The first-order valence-electron chi connectivity index (χ1n) is 11.8. The Morgan fingerprint density at radius 1 is 1.03 bits per heavy atom. The number of nitrogens with zero attached hydrogens (tertiary/aromatic N) is 2. The van der Waals surface area contributed by atoms with Gasteiger partial charge in [0.05, 0.1) is 29.1 Å². The van der Waals surface area contributed by atoms with E-state index in [9.17, 15) is 19.7 Å². The second-order valence-corrected chi connectivity index (χ2v) is 9.02. The SMILES string of the molecule is COC(=O)C1=C(C)NC(C)=C(C(=O)OC2CCN(Cc3ccccc3)C2)[C@H]1c1cccc([N+](=O)[O-])c1.Cl.Cl. The normalized spacial score (nSPS) is 19.1. The number of halogens is 2. The van der Waals surface area contributed by atoms with Gasteiger partial charge in [0.15, 0.2) is 0 Å². The van der Waals surface area contributed by atoms with Crippen LogP contribution in [0.25, 0.3) is 0 Å². The number of allylic oxidation sites excluding steroid dienone is 2. The van der Waals surface area contributed by atoms with Crippen LogP contribution in [0.2, 0.25) is 0 Å². The summed E-state index contributed by atoms with van der Waals surface area (Å²) in [6, 6.07) is 16.0. The smallest absolute Gasteiger partial charge is 0.337 e. The number of rotatable bonds is 7. The second kappa shape index (κ2) is 13.4. The molecule has 2 aromatic carbocycles. The molecule has 0 aromatic heterocycles. The number of carbonyl (C=O) groups is 2. The van der Waals surface area contributed by atoms with Crippen molar-refractivity contribution in [1.82, 2.24) is 10.2 Å². The van der Waals surface area contributed by atoms with Crippen molar-refractivity contribution in [3.05, 3.63) is 98.4 Å². The number of dihydropyridines is 1. The minimum atomic E-state index is -0.868. The number of non-ortho nitro benzene ring substituents is 1. The third kappa shape index (κ3) is 6.72. The quantitative estimate of drug-likeness (QED) is 0.294. The van der Waals surface area contributed by atoms with E-state index in [-0.39, 0.29) is 47.8 Å². The average Bonchev–Trinajstić information content (AvgIpc) is 3.30. The number of likely N-dealkylation sites (tertiary alicyclic amines) is 1. The highest BCUT2D eigenvalue weighted by Crippen LogP contribution is 2.40. The molecule has 0 amide bonds. The summed E-state index contributed by atoms with van der Waals surface area (Å²) >= 11 is 0. The lowest BCUT2D eigenvalue weighted by molar-refractivity contribution is -0.384. The van der Waals surface area contributed by atoms with Crippen molar-refractivity contribution in [2.45, 2.75) is 38.8 Å². The molecule has 1 unspecified atom stereocenters. The van der Waals surface area contributed by atoms with Gasteiger partial charge in [-0.25, -0.2) is 9.59 Å². The van der Waals surface area contributed by atoms with Crippen LogP contribution in [-0.2, 0) is 25.6 Å². The monoisotopic (exact) mass is 563 g/mol. The molecule has 1 N–H and O–H groups in total. The van der Waals surface area contributed by atoms with Crippen LogP contribution in [0.4, 0.5) is 5.69 Å². The van der Waals surface area contributed by atoms with Crippen LogP contribution >= 0.6 is 24.8 Å². The minimum Gasteiger partial charge on any atom is -0.466 e. The molecular weight excluding hydrogens is 533 g/mol. The molecular formula is C27H31Cl2N3O6. The number of carbonyl (C=O) groups excluding carboxylic acids is 2. The summed E-state index contributed by atoms with van der Waals surface area (Å²) in [6.45, 7) is 5.60. The summed E-state index contributed by atoms with van der Waals surface area (Å²) < 4.78 is 10.9. The lowest BCUT2D eigenvalue weighted by atomic mass is 9.80. The maximum atomic E-state index is 13.5. The van der Waals surface area contributed by atoms with Gasteiger partial charge in [-0.2, -0.15) is 0 Å². The molecule has 2 aliphatic heterocycles. The van der Waals surface area contributed by atoms with Gasteiger partial charge in [-0.05, 0) is 31.4 Å². The van der Waals surface area contributed by atoms with Crippen LogP contribution in [0.15, 0.2) is 77.1 Å². The Bertz CT molecular complexity index is 1250. The van der Waals surface area contributed by atoms with Gasteiger partial charge in [-0.3, -0.25) is 15.0 Å². The zero-order valence-electron chi connectivity index (χ0n) is 21.3. The zero-order chi connectivity index (χ0) is 25.8. The summed E-state index contributed by atoms with van der Waals surface area (Å²) in [4.78, 5) is 39.5. The van der Waals surface area contributed by atoms with Gasteiger partial charge in [0, 0.05) is 43.2 Å². The Morgan fingerprint density at radius 2 is 1.68 bits per heavy atom. The van der Waals surface area contributed by atoms with Gasteiger partial charge in [0.2, 0.25) is 0 Å². The predicted octanol–water partition coefficient (Wildman–Crippen LogP) is 4.66. The summed E-state index contributed by atoms with van der Waals surface area (Å²) in [6.07, 6.45) is 0.388. The lowest BCUT2D eigenvalue weighted by Gasteiger charge is -2.30. The maximum Gasteiger partial charge on any atom is 0.337 e. The van der Waals surface area contributed by atoms with E-state index in [0.717, 1.165) is 13.1 Å². The van der Waals surface area contributed by atoms with E-state index >= 15 is 0 Å². The average molecular weight is 564 g/mol. The summed E-state index contributed by atoms with van der Waals surface area (Å²) in [5, 5.41) is 14.5. The fourth-order valence-corrected chi connectivity index (χ4v) is 4.89. The molecule has 1 fully saturated rings. The Balaban J connectivity index is 0.00000253. The second-order valence-electron chi connectivity index (χ2n) is 9.02. The predicted molar refractivity (Wildman–Crippen MR) is 147 cm³/mol. The Morgan fingerprint density at radius 3 is 2.32 bits per heavy atom. The van der Waals surface area contributed by atoms with Gasteiger partial charge >= 0.3 is 11.9 Å². The van der Waals surface area contributed by atoms with E-state index in [0.29, 0.717) is 29.9 Å². The highest BCUT2D eigenvalue weighted by atomic mass is 35.5. The molecule has 9 nitrogen and oxygen atoms in total. The van der Waals surface area contributed by atoms with E-state index in [1.165, 1.54) is 30.9 Å². The Hall–Kier alpha value is -3.40. The van der Waals surface area contributed by atoms with Crippen LogP contribution in [-0.4, -0.2) is 48.1 Å². The van der Waals surface area contributed by atoms with Gasteiger partial charge in [-0.15, -0.1) is 24.8 Å². The first kappa shape index (κ1) is 30.8. The molecule has 1 saturated heterocycles. The topological polar surface area (TPSA) is 111 Å². The van der Waals surface area contributed by atoms with Crippen molar-refractivity contribution in [2.24, 2.45) is 0 Å². The first-order chi connectivity index (χ1) is 17.3. The summed E-state index contributed by atoms with van der Waals surface area (Å²) in [7, 11) is 1.26. The van der Waals surface area contributed by atoms with Crippen molar-refractivity contribution in [1.29, 1.82) is 0 Å². The first-order valence-corrected chi connectivity index (χ1v) is 11.8. The third-order valence-electron chi connectivity index (χ3n) is 6.55. The maximum absolute atomic E-state index is 13.5. The number of nitrogens with one attached hydrogen (secondary N) is 1. The molecule has 0 aliphatic carbocycles. The van der Waals surface area contributed by atoms with Crippen molar-refractivity contribution >= 4 is 42.4 Å². The number of benzene rings is 2. The van der Waals surface area contributed by atoms with Gasteiger partial charge in [0.1, 0.15) is 6.10 Å². The van der Waals surface area contributed by atoms with Gasteiger partial charge in [0.25, 0.3) is 5.69 Å². The van der Waals surface area contributed by atoms with Gasteiger partial charge in [-0.1, -0.05) is 42.5 Å². The fourth-order valence-electron chi connectivity index (χ4n) is 4.89. The van der Waals surface area contributed by atoms with E-state index < -0.39 is 22.8 Å². The van der Waals surface area contributed by atoms with E-state index in [2.05, 4.69) is 22.3 Å². The third-order valence-corrected chi connectivity index (χ3v) is 6.55. The minimum absolute atomic E-state index is 0. The standard InChI is InChI=1S/C27H29N3O6.2ClH/c1-17-23(26(31)35-3)25(20-10-7-11-21(14-20)30(33)34)24(18(2)28-17)27(32)36-22-12-13-29(16-22)15-19-8-5-4-6-9-19;;/h4-11,14,22,25,28H,12-13,15-16H2,1-3H3;2*1H/t22?,25-;;/m0../s1.